The first-order valence-electron chi connectivity index (χ1n) is 6.91. The highest BCUT2D eigenvalue weighted by Gasteiger charge is 2.19. The zero-order valence-electron chi connectivity index (χ0n) is 11.4. The van der Waals surface area contributed by atoms with Crippen LogP contribution in [-0.4, -0.2) is 29.1 Å². The molecule has 5 nitrogen and oxygen atoms in total. The summed E-state index contributed by atoms with van der Waals surface area (Å²) in [7, 11) is 0. The Morgan fingerprint density at radius 2 is 2.20 bits per heavy atom. The van der Waals surface area contributed by atoms with Crippen molar-refractivity contribution in [3.8, 4) is 0 Å². The fourth-order valence-electron chi connectivity index (χ4n) is 2.42. The fraction of sp³-hybridized carbons (Fsp3) is 0.333. The summed E-state index contributed by atoms with van der Waals surface area (Å²) in [5, 5.41) is 3.30. The third-order valence-electron chi connectivity index (χ3n) is 3.51. The smallest absolute Gasteiger partial charge is 0.128 e. The van der Waals surface area contributed by atoms with Crippen LogP contribution in [0.15, 0.2) is 42.7 Å². The lowest BCUT2D eigenvalue weighted by Gasteiger charge is -2.18. The van der Waals surface area contributed by atoms with Crippen molar-refractivity contribution in [3.63, 3.8) is 0 Å². The van der Waals surface area contributed by atoms with E-state index in [1.54, 1.807) is 6.20 Å². The highest BCUT2D eigenvalue weighted by atomic mass is 15.2. The third-order valence-corrected chi connectivity index (χ3v) is 3.51. The van der Waals surface area contributed by atoms with Crippen molar-refractivity contribution in [1.82, 2.24) is 9.97 Å². The molecule has 2 aromatic rings. The topological polar surface area (TPSA) is 67.1 Å². The van der Waals surface area contributed by atoms with Gasteiger partial charge in [0.15, 0.2) is 0 Å². The van der Waals surface area contributed by atoms with Crippen LogP contribution in [0.25, 0.3) is 0 Å². The van der Waals surface area contributed by atoms with Crippen LogP contribution >= 0.6 is 0 Å². The Balaban J connectivity index is 1.65. The van der Waals surface area contributed by atoms with Crippen LogP contribution in [0.5, 0.6) is 0 Å². The van der Waals surface area contributed by atoms with Gasteiger partial charge in [-0.25, -0.2) is 4.98 Å². The van der Waals surface area contributed by atoms with Gasteiger partial charge in [0.2, 0.25) is 0 Å². The molecule has 1 aliphatic rings. The molecule has 3 rings (SSSR count). The second-order valence-electron chi connectivity index (χ2n) is 5.07. The molecule has 104 valence electrons. The number of nitrogens with zero attached hydrogens (tertiary/aromatic N) is 3. The molecule has 2 aromatic heterocycles. The molecule has 3 heterocycles. The summed E-state index contributed by atoms with van der Waals surface area (Å²) in [6.07, 6.45) is 4.69. The van der Waals surface area contributed by atoms with Gasteiger partial charge in [0.05, 0.1) is 12.2 Å². The molecule has 1 fully saturated rings. The highest BCUT2D eigenvalue weighted by Crippen LogP contribution is 2.21. The van der Waals surface area contributed by atoms with E-state index in [0.717, 1.165) is 31.0 Å². The lowest BCUT2D eigenvalue weighted by molar-refractivity contribution is 0.752. The average Bonchev–Trinajstić information content (AvgIpc) is 2.93. The van der Waals surface area contributed by atoms with E-state index in [9.17, 15) is 0 Å². The molecule has 0 unspecified atom stereocenters. The van der Waals surface area contributed by atoms with Crippen molar-refractivity contribution in [2.75, 3.05) is 23.3 Å². The van der Waals surface area contributed by atoms with E-state index in [4.69, 9.17) is 5.73 Å². The monoisotopic (exact) mass is 269 g/mol. The van der Waals surface area contributed by atoms with Crippen molar-refractivity contribution in [2.24, 2.45) is 5.73 Å². The van der Waals surface area contributed by atoms with E-state index in [1.165, 1.54) is 5.69 Å². The predicted octanol–water partition coefficient (Wildman–Crippen LogP) is 1.63. The lowest BCUT2D eigenvalue weighted by Crippen LogP contribution is -2.26. The van der Waals surface area contributed by atoms with Crippen molar-refractivity contribution >= 4 is 11.5 Å². The van der Waals surface area contributed by atoms with Crippen LogP contribution in [0, 0.1) is 0 Å². The fourth-order valence-corrected chi connectivity index (χ4v) is 2.42. The SMILES string of the molecule is N[C@H]1CCN(c2ccnc(NCc3ccccn3)c2)C1. The lowest BCUT2D eigenvalue weighted by atomic mass is 10.3. The van der Waals surface area contributed by atoms with Gasteiger partial charge in [-0.1, -0.05) is 6.07 Å². The van der Waals surface area contributed by atoms with Gasteiger partial charge in [-0.05, 0) is 24.6 Å². The Kier molecular flexibility index (Phi) is 3.78. The Morgan fingerprint density at radius 1 is 1.25 bits per heavy atom. The van der Waals surface area contributed by atoms with E-state index in [-0.39, 0.29) is 6.04 Å². The molecule has 0 saturated carbocycles. The van der Waals surface area contributed by atoms with Gasteiger partial charge in [-0.3, -0.25) is 4.98 Å². The Bertz CT molecular complexity index is 557. The first-order chi connectivity index (χ1) is 9.81. The minimum Gasteiger partial charge on any atom is -0.370 e. The van der Waals surface area contributed by atoms with Crippen LogP contribution in [0.2, 0.25) is 0 Å². The molecule has 0 amide bonds. The molecule has 1 atom stereocenters. The Morgan fingerprint density at radius 3 is 2.95 bits per heavy atom. The van der Waals surface area contributed by atoms with Crippen LogP contribution in [0.3, 0.4) is 0 Å². The molecular formula is C15H19N5. The molecular weight excluding hydrogens is 250 g/mol. The maximum absolute atomic E-state index is 5.95. The van der Waals surface area contributed by atoms with Gasteiger partial charge in [0.25, 0.3) is 0 Å². The second-order valence-corrected chi connectivity index (χ2v) is 5.07. The van der Waals surface area contributed by atoms with Crippen molar-refractivity contribution in [3.05, 3.63) is 48.4 Å². The number of hydrogen-bond acceptors (Lipinski definition) is 5. The number of nitrogens with one attached hydrogen (secondary N) is 1. The van der Waals surface area contributed by atoms with Crippen LogP contribution < -0.4 is 16.0 Å². The van der Waals surface area contributed by atoms with E-state index in [1.807, 2.05) is 30.5 Å². The number of hydrogen-bond donors (Lipinski definition) is 2. The number of nitrogens with two attached hydrogens (primary N) is 1. The summed E-state index contributed by atoms with van der Waals surface area (Å²) < 4.78 is 0. The second kappa shape index (κ2) is 5.88. The van der Waals surface area contributed by atoms with E-state index >= 15 is 0 Å². The van der Waals surface area contributed by atoms with E-state index < -0.39 is 0 Å². The van der Waals surface area contributed by atoms with Gasteiger partial charge in [0, 0.05) is 43.3 Å². The highest BCUT2D eigenvalue weighted by molar-refractivity contribution is 5.54. The minimum atomic E-state index is 0.285. The minimum absolute atomic E-state index is 0.285. The van der Waals surface area contributed by atoms with Crippen molar-refractivity contribution in [2.45, 2.75) is 19.0 Å². The molecule has 20 heavy (non-hydrogen) atoms. The summed E-state index contributed by atoms with van der Waals surface area (Å²) in [5.74, 6) is 0.869. The maximum atomic E-state index is 5.95. The van der Waals surface area contributed by atoms with Crippen LogP contribution in [-0.2, 0) is 6.54 Å². The molecule has 1 aliphatic heterocycles. The number of rotatable bonds is 4. The molecule has 0 spiro atoms. The normalized spacial score (nSPS) is 18.2. The summed E-state index contributed by atoms with van der Waals surface area (Å²) in [6.45, 7) is 2.62. The van der Waals surface area contributed by atoms with Gasteiger partial charge in [-0.2, -0.15) is 0 Å². The van der Waals surface area contributed by atoms with Gasteiger partial charge in [-0.15, -0.1) is 0 Å². The van der Waals surface area contributed by atoms with Gasteiger partial charge >= 0.3 is 0 Å². The molecule has 0 radical (unpaired) electrons. The van der Waals surface area contributed by atoms with Crippen LogP contribution in [0.1, 0.15) is 12.1 Å². The number of pyridine rings is 2. The summed E-state index contributed by atoms with van der Waals surface area (Å²) in [5.41, 5.74) is 8.13. The van der Waals surface area contributed by atoms with E-state index in [2.05, 4.69) is 26.3 Å². The first kappa shape index (κ1) is 12.9. The van der Waals surface area contributed by atoms with E-state index in [0.29, 0.717) is 6.54 Å². The standard InChI is InChI=1S/C15H19N5/c16-12-5-8-20(11-12)14-4-7-18-15(9-14)19-10-13-3-1-2-6-17-13/h1-4,6-7,9,12H,5,8,10-11,16H2,(H,18,19)/t12-/m0/s1. The quantitative estimate of drug-likeness (QED) is 0.883. The Labute approximate surface area is 118 Å². The van der Waals surface area contributed by atoms with Crippen molar-refractivity contribution < 1.29 is 0 Å². The third kappa shape index (κ3) is 3.05. The molecule has 0 bridgehead atoms. The predicted molar refractivity (Wildman–Crippen MR) is 80.6 cm³/mol. The summed E-state index contributed by atoms with van der Waals surface area (Å²) in [6, 6.07) is 10.3. The molecule has 1 saturated heterocycles. The van der Waals surface area contributed by atoms with Crippen molar-refractivity contribution in [1.29, 1.82) is 0 Å². The molecule has 0 aliphatic carbocycles. The molecule has 5 heteroatoms. The summed E-state index contributed by atoms with van der Waals surface area (Å²) in [4.78, 5) is 10.9. The zero-order chi connectivity index (χ0) is 13.8. The zero-order valence-corrected chi connectivity index (χ0v) is 11.4. The first-order valence-corrected chi connectivity index (χ1v) is 6.91. The average molecular weight is 269 g/mol. The maximum Gasteiger partial charge on any atom is 0.128 e. The van der Waals surface area contributed by atoms with Gasteiger partial charge in [0.1, 0.15) is 5.82 Å². The number of anilines is 2. The van der Waals surface area contributed by atoms with Gasteiger partial charge < -0.3 is 16.0 Å². The molecule has 0 aromatic carbocycles. The van der Waals surface area contributed by atoms with Crippen LogP contribution in [0.4, 0.5) is 11.5 Å². The number of aromatic nitrogens is 2. The largest absolute Gasteiger partial charge is 0.370 e. The Hall–Kier alpha value is -2.14. The summed E-state index contributed by atoms with van der Waals surface area (Å²) >= 11 is 0. The molecule has 3 N–H and O–H groups in total.